The summed E-state index contributed by atoms with van der Waals surface area (Å²) in [5.74, 6) is -0.362. The van der Waals surface area contributed by atoms with Gasteiger partial charge in [0, 0.05) is 11.3 Å². The standard InChI is InChI=1S/C24H20N2O2S/c1-16(20-12-5-8-17-7-2-3-11-21(17)20)25-23(27)18-9-4-10-19(15-18)26-24(28)22-13-6-14-29-22/h2-16H,1H3,(H,25,27)(H,26,28)/t16-/m1/s1. The maximum absolute atomic E-state index is 12.8. The third-order valence-corrected chi connectivity index (χ3v) is 5.63. The third kappa shape index (κ3) is 4.20. The molecule has 144 valence electrons. The van der Waals surface area contributed by atoms with Gasteiger partial charge in [-0.05, 0) is 52.9 Å². The Morgan fingerprint density at radius 2 is 1.66 bits per heavy atom. The van der Waals surface area contributed by atoms with E-state index in [0.717, 1.165) is 16.3 Å². The van der Waals surface area contributed by atoms with Crippen LogP contribution < -0.4 is 10.6 Å². The predicted octanol–water partition coefficient (Wildman–Crippen LogP) is 5.64. The maximum Gasteiger partial charge on any atom is 0.265 e. The van der Waals surface area contributed by atoms with Crippen molar-refractivity contribution >= 4 is 39.6 Å². The lowest BCUT2D eigenvalue weighted by Crippen LogP contribution is -2.26. The molecule has 0 bridgehead atoms. The van der Waals surface area contributed by atoms with Crippen molar-refractivity contribution in [1.82, 2.24) is 5.32 Å². The van der Waals surface area contributed by atoms with Crippen LogP contribution in [-0.2, 0) is 0 Å². The Labute approximate surface area is 173 Å². The van der Waals surface area contributed by atoms with Crippen LogP contribution in [0.3, 0.4) is 0 Å². The van der Waals surface area contributed by atoms with Gasteiger partial charge in [0.1, 0.15) is 0 Å². The van der Waals surface area contributed by atoms with Gasteiger partial charge < -0.3 is 10.6 Å². The van der Waals surface area contributed by atoms with Gasteiger partial charge >= 0.3 is 0 Å². The molecule has 5 heteroatoms. The third-order valence-electron chi connectivity index (χ3n) is 4.77. The first kappa shape index (κ1) is 18.9. The molecule has 4 nitrogen and oxygen atoms in total. The molecule has 2 amide bonds. The fourth-order valence-electron chi connectivity index (χ4n) is 3.32. The molecule has 3 aromatic carbocycles. The van der Waals surface area contributed by atoms with Crippen LogP contribution in [0.25, 0.3) is 10.8 Å². The smallest absolute Gasteiger partial charge is 0.265 e. The molecule has 0 aliphatic heterocycles. The van der Waals surface area contributed by atoms with E-state index in [2.05, 4.69) is 28.8 Å². The number of fused-ring (bicyclic) bond motifs is 1. The highest BCUT2D eigenvalue weighted by Gasteiger charge is 2.15. The van der Waals surface area contributed by atoms with Gasteiger partial charge in [-0.3, -0.25) is 9.59 Å². The summed E-state index contributed by atoms with van der Waals surface area (Å²) >= 11 is 1.38. The van der Waals surface area contributed by atoms with Crippen molar-refractivity contribution in [2.75, 3.05) is 5.32 Å². The highest BCUT2D eigenvalue weighted by Crippen LogP contribution is 2.24. The molecule has 0 aliphatic rings. The molecule has 4 aromatic rings. The predicted molar refractivity (Wildman–Crippen MR) is 119 cm³/mol. The van der Waals surface area contributed by atoms with Crippen molar-refractivity contribution in [3.8, 4) is 0 Å². The molecule has 0 saturated carbocycles. The molecule has 1 heterocycles. The molecule has 0 spiro atoms. The van der Waals surface area contributed by atoms with Crippen molar-refractivity contribution < 1.29 is 9.59 Å². The lowest BCUT2D eigenvalue weighted by atomic mass is 9.99. The average Bonchev–Trinajstić information content (AvgIpc) is 3.28. The molecule has 0 saturated heterocycles. The van der Waals surface area contributed by atoms with Crippen LogP contribution in [0.4, 0.5) is 5.69 Å². The number of rotatable bonds is 5. The molecule has 4 rings (SSSR count). The van der Waals surface area contributed by atoms with Crippen LogP contribution in [0.2, 0.25) is 0 Å². The van der Waals surface area contributed by atoms with Gasteiger partial charge in [-0.25, -0.2) is 0 Å². The van der Waals surface area contributed by atoms with Crippen LogP contribution in [0.5, 0.6) is 0 Å². The number of benzene rings is 3. The van der Waals surface area contributed by atoms with Gasteiger partial charge in [0.15, 0.2) is 0 Å². The van der Waals surface area contributed by atoms with Crippen molar-refractivity contribution in [2.24, 2.45) is 0 Å². The van der Waals surface area contributed by atoms with Crippen molar-refractivity contribution in [3.05, 3.63) is 100 Å². The Balaban J connectivity index is 1.50. The molecule has 2 N–H and O–H groups in total. The van der Waals surface area contributed by atoms with E-state index in [1.807, 2.05) is 42.6 Å². The summed E-state index contributed by atoms with van der Waals surface area (Å²) in [6.07, 6.45) is 0. The first-order valence-electron chi connectivity index (χ1n) is 9.35. The van der Waals surface area contributed by atoms with Gasteiger partial charge in [0.2, 0.25) is 0 Å². The second kappa shape index (κ2) is 8.29. The van der Waals surface area contributed by atoms with Crippen molar-refractivity contribution in [2.45, 2.75) is 13.0 Å². The molecule has 1 atom stereocenters. The van der Waals surface area contributed by atoms with Crippen LogP contribution >= 0.6 is 11.3 Å². The highest BCUT2D eigenvalue weighted by atomic mass is 32.1. The summed E-state index contributed by atoms with van der Waals surface area (Å²) in [7, 11) is 0. The Morgan fingerprint density at radius 1 is 0.862 bits per heavy atom. The molecule has 0 radical (unpaired) electrons. The number of thiophene rings is 1. The summed E-state index contributed by atoms with van der Waals surface area (Å²) in [5.41, 5.74) is 2.16. The summed E-state index contributed by atoms with van der Waals surface area (Å²) in [4.78, 5) is 25.7. The molecule has 0 unspecified atom stereocenters. The average molecular weight is 401 g/mol. The Bertz CT molecular complexity index is 1160. The van der Waals surface area contributed by atoms with Gasteiger partial charge in [0.25, 0.3) is 11.8 Å². The lowest BCUT2D eigenvalue weighted by Gasteiger charge is -2.17. The van der Waals surface area contributed by atoms with E-state index in [9.17, 15) is 9.59 Å². The van der Waals surface area contributed by atoms with E-state index < -0.39 is 0 Å². The van der Waals surface area contributed by atoms with Crippen molar-refractivity contribution in [3.63, 3.8) is 0 Å². The van der Waals surface area contributed by atoms with Gasteiger partial charge in [-0.15, -0.1) is 11.3 Å². The van der Waals surface area contributed by atoms with Crippen molar-refractivity contribution in [1.29, 1.82) is 0 Å². The number of carbonyl (C=O) groups excluding carboxylic acids is 2. The number of anilines is 1. The molecule has 0 fully saturated rings. The maximum atomic E-state index is 12.8. The monoisotopic (exact) mass is 400 g/mol. The number of hydrogen-bond acceptors (Lipinski definition) is 3. The minimum atomic E-state index is -0.183. The summed E-state index contributed by atoms with van der Waals surface area (Å²) in [5, 5.41) is 10.0. The number of amides is 2. The van der Waals surface area contributed by atoms with E-state index in [1.54, 1.807) is 30.3 Å². The molecule has 1 aromatic heterocycles. The first-order chi connectivity index (χ1) is 14.1. The van der Waals surface area contributed by atoms with Crippen LogP contribution in [-0.4, -0.2) is 11.8 Å². The van der Waals surface area contributed by atoms with Gasteiger partial charge in [0.05, 0.1) is 10.9 Å². The van der Waals surface area contributed by atoms with Crippen LogP contribution in [0.15, 0.2) is 84.2 Å². The second-order valence-electron chi connectivity index (χ2n) is 6.78. The lowest BCUT2D eigenvalue weighted by molar-refractivity contribution is 0.0939. The largest absolute Gasteiger partial charge is 0.345 e. The number of carbonyl (C=O) groups is 2. The highest BCUT2D eigenvalue weighted by molar-refractivity contribution is 7.12. The fraction of sp³-hybridized carbons (Fsp3) is 0.0833. The van der Waals surface area contributed by atoms with E-state index >= 15 is 0 Å². The quantitative estimate of drug-likeness (QED) is 0.455. The van der Waals surface area contributed by atoms with Gasteiger partial charge in [-0.1, -0.05) is 54.6 Å². The molecule has 0 aliphatic carbocycles. The zero-order chi connectivity index (χ0) is 20.2. The van der Waals surface area contributed by atoms with E-state index in [0.29, 0.717) is 16.1 Å². The van der Waals surface area contributed by atoms with E-state index in [-0.39, 0.29) is 17.9 Å². The second-order valence-corrected chi connectivity index (χ2v) is 7.72. The number of nitrogens with one attached hydrogen (secondary N) is 2. The molecular weight excluding hydrogens is 380 g/mol. The van der Waals surface area contributed by atoms with Crippen LogP contribution in [0.1, 0.15) is 38.6 Å². The van der Waals surface area contributed by atoms with Gasteiger partial charge in [-0.2, -0.15) is 0 Å². The number of hydrogen-bond donors (Lipinski definition) is 2. The summed E-state index contributed by atoms with van der Waals surface area (Å²) in [6.45, 7) is 1.97. The van der Waals surface area contributed by atoms with E-state index in [1.165, 1.54) is 11.3 Å². The summed E-state index contributed by atoms with van der Waals surface area (Å²) in [6, 6.07) is 24.6. The SMILES string of the molecule is C[C@@H](NC(=O)c1cccc(NC(=O)c2cccs2)c1)c1cccc2ccccc12. The topological polar surface area (TPSA) is 58.2 Å². The normalized spacial score (nSPS) is 11.8. The van der Waals surface area contributed by atoms with Crippen LogP contribution in [0, 0.1) is 0 Å². The molecular formula is C24H20N2O2S. The Kier molecular flexibility index (Phi) is 5.40. The fourth-order valence-corrected chi connectivity index (χ4v) is 3.94. The van der Waals surface area contributed by atoms with E-state index in [4.69, 9.17) is 0 Å². The Morgan fingerprint density at radius 3 is 2.48 bits per heavy atom. The minimum absolute atomic E-state index is 0.155. The minimum Gasteiger partial charge on any atom is -0.345 e. The Hall–Kier alpha value is -3.44. The zero-order valence-corrected chi connectivity index (χ0v) is 16.7. The molecule has 29 heavy (non-hydrogen) atoms. The zero-order valence-electron chi connectivity index (χ0n) is 15.9. The first-order valence-corrected chi connectivity index (χ1v) is 10.2. The summed E-state index contributed by atoms with van der Waals surface area (Å²) < 4.78 is 0.